The Morgan fingerprint density at radius 1 is 1.00 bits per heavy atom. The number of halogens is 2. The van der Waals surface area contributed by atoms with Crippen molar-refractivity contribution in [3.05, 3.63) is 59.7 Å². The zero-order chi connectivity index (χ0) is 21.8. The molecule has 2 amide bonds. The van der Waals surface area contributed by atoms with Crippen LogP contribution < -0.4 is 9.80 Å². The fourth-order valence-electron chi connectivity index (χ4n) is 2.44. The minimum atomic E-state index is -1.14. The lowest BCUT2D eigenvalue weighted by molar-refractivity contribution is -0.117. The van der Waals surface area contributed by atoms with E-state index in [0.29, 0.717) is 11.3 Å². The monoisotopic (exact) mass is 406 g/mol. The number of anilines is 2. The molecule has 2 rings (SSSR count). The molecule has 2 aromatic carbocycles. The van der Waals surface area contributed by atoms with Crippen molar-refractivity contribution in [3.63, 3.8) is 0 Å². The first-order chi connectivity index (χ1) is 13.5. The number of aliphatic hydroxyl groups is 1. The second kappa shape index (κ2) is 9.00. The summed E-state index contributed by atoms with van der Waals surface area (Å²) in [6.45, 7) is 4.40. The van der Waals surface area contributed by atoms with Crippen LogP contribution in [0.25, 0.3) is 0 Å². The van der Waals surface area contributed by atoms with Gasteiger partial charge in [-0.3, -0.25) is 9.69 Å². The first-order valence-electron chi connectivity index (χ1n) is 8.94. The van der Waals surface area contributed by atoms with Crippen LogP contribution in [0.1, 0.15) is 26.3 Å². The highest BCUT2D eigenvalue weighted by molar-refractivity contribution is 6.01. The average molecular weight is 406 g/mol. The summed E-state index contributed by atoms with van der Waals surface area (Å²) in [4.78, 5) is 27.7. The van der Waals surface area contributed by atoms with Gasteiger partial charge in [0.2, 0.25) is 5.91 Å². The summed E-state index contributed by atoms with van der Waals surface area (Å²) in [5.41, 5.74) is 0.382. The largest absolute Gasteiger partial charge is 0.443 e. The number of aliphatic hydroxyl groups excluding tert-OH is 1. The zero-order valence-corrected chi connectivity index (χ0v) is 16.8. The fourth-order valence-corrected chi connectivity index (χ4v) is 2.44. The first-order valence-corrected chi connectivity index (χ1v) is 8.94. The lowest BCUT2D eigenvalue weighted by Gasteiger charge is -2.28. The smallest absolute Gasteiger partial charge is 0.415 e. The molecule has 0 aromatic heterocycles. The number of ether oxygens (including phenoxy) is 1. The molecule has 29 heavy (non-hydrogen) atoms. The van der Waals surface area contributed by atoms with Crippen molar-refractivity contribution in [2.75, 3.05) is 23.4 Å². The van der Waals surface area contributed by atoms with Crippen LogP contribution >= 0.6 is 0 Å². The molecule has 0 bridgehead atoms. The average Bonchev–Trinajstić information content (AvgIpc) is 2.66. The van der Waals surface area contributed by atoms with Crippen LogP contribution in [-0.4, -0.2) is 36.3 Å². The number of hydrogen-bond acceptors (Lipinski definition) is 4. The van der Waals surface area contributed by atoms with Gasteiger partial charge in [-0.15, -0.1) is 0 Å². The molecule has 0 heterocycles. The zero-order valence-electron chi connectivity index (χ0n) is 16.8. The van der Waals surface area contributed by atoms with Crippen molar-refractivity contribution < 1.29 is 28.2 Å². The minimum absolute atomic E-state index is 0.00414. The molecule has 0 radical (unpaired) electrons. The molecular formula is C21H24F2N2O4. The SMILES string of the molecule is CN(C(=O)CN(C(=O)OC(C)(C)C)c1ccc(F)c(F)c1)c1ccc(CO)cc1. The van der Waals surface area contributed by atoms with Crippen molar-refractivity contribution in [1.29, 1.82) is 0 Å². The van der Waals surface area contributed by atoms with Gasteiger partial charge in [-0.2, -0.15) is 0 Å². The van der Waals surface area contributed by atoms with Crippen molar-refractivity contribution in [1.82, 2.24) is 0 Å². The summed E-state index contributed by atoms with van der Waals surface area (Å²) in [7, 11) is 1.52. The summed E-state index contributed by atoms with van der Waals surface area (Å²) in [5.74, 6) is -2.68. The fraction of sp³-hybridized carbons (Fsp3) is 0.333. The Hall–Kier alpha value is -3.00. The molecule has 2 aromatic rings. The third kappa shape index (κ3) is 5.99. The summed E-state index contributed by atoms with van der Waals surface area (Å²) < 4.78 is 32.3. The molecule has 0 spiro atoms. The molecule has 8 heteroatoms. The molecule has 0 aliphatic carbocycles. The van der Waals surface area contributed by atoms with Crippen LogP contribution in [0.5, 0.6) is 0 Å². The Kier molecular flexibility index (Phi) is 6.92. The van der Waals surface area contributed by atoms with Gasteiger partial charge < -0.3 is 14.7 Å². The third-order valence-corrected chi connectivity index (χ3v) is 4.00. The van der Waals surface area contributed by atoms with Crippen molar-refractivity contribution >= 4 is 23.4 Å². The van der Waals surface area contributed by atoms with E-state index in [4.69, 9.17) is 9.84 Å². The van der Waals surface area contributed by atoms with Crippen LogP contribution in [0.3, 0.4) is 0 Å². The highest BCUT2D eigenvalue weighted by atomic mass is 19.2. The molecule has 0 aliphatic rings. The van der Waals surface area contributed by atoms with Gasteiger partial charge >= 0.3 is 6.09 Å². The molecule has 0 fully saturated rings. The lowest BCUT2D eigenvalue weighted by Crippen LogP contribution is -2.44. The predicted molar refractivity (Wildman–Crippen MR) is 106 cm³/mol. The summed E-state index contributed by atoms with van der Waals surface area (Å²) in [6.07, 6.45) is -0.860. The van der Waals surface area contributed by atoms with Gasteiger partial charge in [0.25, 0.3) is 0 Å². The van der Waals surface area contributed by atoms with Crippen LogP contribution in [0.2, 0.25) is 0 Å². The van der Waals surface area contributed by atoms with Crippen molar-refractivity contribution in [2.24, 2.45) is 0 Å². The van der Waals surface area contributed by atoms with Crippen LogP contribution in [0.4, 0.5) is 25.0 Å². The van der Waals surface area contributed by atoms with E-state index in [-0.39, 0.29) is 12.3 Å². The minimum Gasteiger partial charge on any atom is -0.443 e. The second-order valence-electron chi connectivity index (χ2n) is 7.44. The van der Waals surface area contributed by atoms with E-state index in [9.17, 15) is 18.4 Å². The van der Waals surface area contributed by atoms with Gasteiger partial charge in [-0.05, 0) is 50.6 Å². The highest BCUT2D eigenvalue weighted by Crippen LogP contribution is 2.22. The van der Waals surface area contributed by atoms with E-state index in [2.05, 4.69) is 0 Å². The maximum absolute atomic E-state index is 13.7. The summed E-state index contributed by atoms with van der Waals surface area (Å²) in [5, 5.41) is 9.12. The maximum atomic E-state index is 13.7. The molecule has 0 atom stereocenters. The Labute approximate surface area is 168 Å². The topological polar surface area (TPSA) is 70.1 Å². The molecule has 6 nitrogen and oxygen atoms in total. The summed E-state index contributed by atoms with van der Waals surface area (Å²) >= 11 is 0. The van der Waals surface area contributed by atoms with E-state index in [1.165, 1.54) is 18.0 Å². The van der Waals surface area contributed by atoms with E-state index in [1.807, 2.05) is 0 Å². The number of rotatable bonds is 5. The van der Waals surface area contributed by atoms with Gasteiger partial charge in [-0.25, -0.2) is 13.6 Å². The van der Waals surface area contributed by atoms with Gasteiger partial charge in [0, 0.05) is 18.8 Å². The number of nitrogens with zero attached hydrogens (tertiary/aromatic N) is 2. The van der Waals surface area contributed by atoms with Gasteiger partial charge in [-0.1, -0.05) is 12.1 Å². The molecular weight excluding hydrogens is 382 g/mol. The van der Waals surface area contributed by atoms with E-state index >= 15 is 0 Å². The predicted octanol–water partition coefficient (Wildman–Crippen LogP) is 3.86. The normalized spacial score (nSPS) is 11.1. The lowest BCUT2D eigenvalue weighted by atomic mass is 10.2. The van der Waals surface area contributed by atoms with Gasteiger partial charge in [0.15, 0.2) is 11.6 Å². The number of benzene rings is 2. The Morgan fingerprint density at radius 2 is 1.59 bits per heavy atom. The molecule has 0 saturated carbocycles. The molecule has 0 unspecified atom stereocenters. The quantitative estimate of drug-likeness (QED) is 0.819. The number of likely N-dealkylation sites (N-methyl/N-ethyl adjacent to an activating group) is 1. The molecule has 0 saturated heterocycles. The Morgan fingerprint density at radius 3 is 2.10 bits per heavy atom. The third-order valence-electron chi connectivity index (χ3n) is 4.00. The van der Waals surface area contributed by atoms with E-state index in [1.54, 1.807) is 45.0 Å². The van der Waals surface area contributed by atoms with Gasteiger partial charge in [0.05, 0.1) is 12.3 Å². The molecule has 156 valence electrons. The second-order valence-corrected chi connectivity index (χ2v) is 7.44. The Bertz CT molecular complexity index is 879. The van der Waals surface area contributed by atoms with E-state index < -0.39 is 35.8 Å². The van der Waals surface area contributed by atoms with Gasteiger partial charge in [0.1, 0.15) is 12.1 Å². The molecule has 0 aliphatic heterocycles. The highest BCUT2D eigenvalue weighted by Gasteiger charge is 2.27. The van der Waals surface area contributed by atoms with Crippen molar-refractivity contribution in [3.8, 4) is 0 Å². The van der Waals surface area contributed by atoms with Crippen molar-refractivity contribution in [2.45, 2.75) is 33.0 Å². The number of carbonyl (C=O) groups is 2. The number of hydrogen-bond donors (Lipinski definition) is 1. The summed E-state index contributed by atoms with van der Waals surface area (Å²) in [6, 6.07) is 9.55. The maximum Gasteiger partial charge on any atom is 0.415 e. The number of amides is 2. The Balaban J connectivity index is 2.28. The van der Waals surface area contributed by atoms with Crippen LogP contribution in [0, 0.1) is 11.6 Å². The van der Waals surface area contributed by atoms with Crippen LogP contribution in [-0.2, 0) is 16.1 Å². The van der Waals surface area contributed by atoms with E-state index in [0.717, 1.165) is 17.0 Å². The molecule has 1 N–H and O–H groups in total. The van der Waals surface area contributed by atoms with Crippen LogP contribution in [0.15, 0.2) is 42.5 Å². The first kappa shape index (κ1) is 22.3. The number of carbonyl (C=O) groups excluding carboxylic acids is 2. The standard InChI is InChI=1S/C21H24F2N2O4/c1-21(2,3)29-20(28)25(16-9-10-17(22)18(23)11-16)12-19(27)24(4)15-7-5-14(13-26)6-8-15/h5-11,26H,12-13H2,1-4H3.